The largest absolute Gasteiger partial charge is 0.483 e. The van der Waals surface area contributed by atoms with Crippen LogP contribution in [-0.2, 0) is 74.7 Å². The molecule has 0 aromatic rings. The number of aliphatic hydroxyl groups is 14. The average molecular weight is 1410 g/mol. The smallest absolute Gasteiger partial charge is 0.394 e. The van der Waals surface area contributed by atoms with Crippen LogP contribution >= 0.6 is 15.6 Å². The first-order chi connectivity index (χ1) is 44.7. The lowest BCUT2D eigenvalue weighted by atomic mass is 9.94. The van der Waals surface area contributed by atoms with Gasteiger partial charge in [-0.1, -0.05) is 53.5 Å². The highest BCUT2D eigenvalue weighted by Gasteiger charge is 2.57. The van der Waals surface area contributed by atoms with E-state index < -0.39 is 221 Å². The lowest BCUT2D eigenvalue weighted by Gasteiger charge is -2.50. The fourth-order valence-corrected chi connectivity index (χ4v) is 13.4. The number of hydrogen-bond donors (Lipinski definition) is 18. The van der Waals surface area contributed by atoms with Crippen molar-refractivity contribution in [2.75, 3.05) is 39.6 Å². The second kappa shape index (κ2) is 38.9. The van der Waals surface area contributed by atoms with Gasteiger partial charge in [0.15, 0.2) is 31.5 Å². The van der Waals surface area contributed by atoms with Gasteiger partial charge in [0.2, 0.25) is 11.8 Å². The molecule has 28 unspecified atom stereocenters. The normalized spacial score (nSPS) is 38.4. The summed E-state index contributed by atoms with van der Waals surface area (Å²) in [7, 11) is -11.2. The number of rotatable bonds is 35. The molecule has 0 bridgehead atoms. The summed E-state index contributed by atoms with van der Waals surface area (Å²) in [5.41, 5.74) is 5.24. The van der Waals surface area contributed by atoms with E-state index in [0.717, 1.165) is 52.4 Å². The molecule has 550 valence electrons. The summed E-state index contributed by atoms with van der Waals surface area (Å²) in [4.78, 5) is 46.7. The zero-order chi connectivity index (χ0) is 70.8. The van der Waals surface area contributed by atoms with Crippen molar-refractivity contribution in [2.24, 2.45) is 5.92 Å². The van der Waals surface area contributed by atoms with Crippen molar-refractivity contribution in [1.82, 2.24) is 10.6 Å². The molecule has 5 aliphatic rings. The Morgan fingerprint density at radius 1 is 0.453 bits per heavy atom. The van der Waals surface area contributed by atoms with Crippen molar-refractivity contribution in [1.29, 1.82) is 0 Å². The number of aliphatic hydroxyl groups excluding tert-OH is 14. The SMILES string of the molecule is CC(=O)NC1C(OC2C(CO)OC(OP(=O)(O)OP(=O)(O)OCCC(C)CCC=C(C)CCC=C(C)CCC=C(C)CCC=C(C)C)C(NC(C)=O)C2O)OC(CO)C(OC2OC(COC3OC(CO)C(O)C(O)C3O)C(O)C(OC3OC(CO)C(O)C(O)C3O)C2O)C1O. The van der Waals surface area contributed by atoms with E-state index in [2.05, 4.69) is 73.9 Å². The zero-order valence-electron chi connectivity index (χ0n) is 54.5. The molecule has 5 aliphatic heterocycles. The first kappa shape index (κ1) is 82.9. The van der Waals surface area contributed by atoms with Gasteiger partial charge in [-0.3, -0.25) is 18.6 Å². The van der Waals surface area contributed by atoms with Crippen molar-refractivity contribution in [3.05, 3.63) is 46.6 Å². The molecule has 34 nitrogen and oxygen atoms in total. The molecule has 5 heterocycles. The lowest BCUT2D eigenvalue weighted by molar-refractivity contribution is -0.383. The van der Waals surface area contributed by atoms with Gasteiger partial charge in [0.25, 0.3) is 0 Å². The Morgan fingerprint density at radius 2 is 0.863 bits per heavy atom. The highest BCUT2D eigenvalue weighted by molar-refractivity contribution is 7.61. The minimum Gasteiger partial charge on any atom is -0.394 e. The van der Waals surface area contributed by atoms with Crippen molar-refractivity contribution in [3.63, 3.8) is 0 Å². The molecular formula is C59H102N2O32P2. The van der Waals surface area contributed by atoms with Gasteiger partial charge in [-0.25, -0.2) is 9.13 Å². The molecule has 28 atom stereocenters. The summed E-state index contributed by atoms with van der Waals surface area (Å²) in [5.74, 6) is -1.87. The zero-order valence-corrected chi connectivity index (χ0v) is 56.3. The van der Waals surface area contributed by atoms with Crippen LogP contribution in [0.15, 0.2) is 46.6 Å². The highest BCUT2D eigenvalue weighted by atomic mass is 31.3. The maximum Gasteiger partial charge on any atom is 0.483 e. The summed E-state index contributed by atoms with van der Waals surface area (Å²) >= 11 is 0. The second-order valence-electron chi connectivity index (χ2n) is 24.9. The number of allylic oxidation sites excluding steroid dienone is 8. The number of phosphoric acid groups is 2. The average Bonchev–Trinajstić information content (AvgIpc) is 0.774. The number of nitrogens with one attached hydrogen (secondary N) is 2. The molecule has 18 N–H and O–H groups in total. The van der Waals surface area contributed by atoms with Crippen LogP contribution in [0.2, 0.25) is 0 Å². The summed E-state index contributed by atoms with van der Waals surface area (Å²) < 4.78 is 92.9. The lowest BCUT2D eigenvalue weighted by Crippen LogP contribution is -2.70. The standard InChI is InChI=1S/C59H102N2O32P2/c1-28(2)13-9-14-29(3)15-10-16-30(4)17-11-18-31(5)19-12-20-32(6)21-22-83-94(78,79)93-95(80,81)92-56-41(61-34(8)67)46(72)52(38(26-65)87-56)89-55-40(60-33(7)66)45(71)53(37(25-64)86-55)90-59-51(77)54(91-58-50(76)48(74)43(69)36(24-63)85-58)44(70)39(88-59)27-82-57-49(75)47(73)42(68)35(23-62)84-57/h13,15,17,19,32,35-59,62-65,68-77H,9-12,14,16,18,20-27H2,1-8H3,(H,60,66)(H,61,67)(H,78,79)(H,80,81). The van der Waals surface area contributed by atoms with E-state index in [0.29, 0.717) is 12.8 Å². The molecule has 0 radical (unpaired) electrons. The van der Waals surface area contributed by atoms with Crippen LogP contribution in [0.25, 0.3) is 0 Å². The van der Waals surface area contributed by atoms with Crippen LogP contribution in [0.4, 0.5) is 0 Å². The Balaban J connectivity index is 1.24. The highest BCUT2D eigenvalue weighted by Crippen LogP contribution is 2.61. The third kappa shape index (κ3) is 24.5. The third-order valence-corrected chi connectivity index (χ3v) is 19.3. The van der Waals surface area contributed by atoms with Crippen molar-refractivity contribution < 1.29 is 156 Å². The number of carbonyl (C=O) groups excluding carboxylic acids is 2. The summed E-state index contributed by atoms with van der Waals surface area (Å²) in [6.07, 6.45) is -29.0. The molecule has 0 spiro atoms. The van der Waals surface area contributed by atoms with Crippen LogP contribution in [0.5, 0.6) is 0 Å². The Morgan fingerprint density at radius 3 is 1.36 bits per heavy atom. The van der Waals surface area contributed by atoms with Crippen molar-refractivity contribution in [2.45, 2.75) is 267 Å². The molecule has 0 saturated carbocycles. The van der Waals surface area contributed by atoms with E-state index >= 15 is 0 Å². The number of hydrogen-bond acceptors (Lipinski definition) is 30. The monoisotopic (exact) mass is 1410 g/mol. The van der Waals surface area contributed by atoms with E-state index in [9.17, 15) is 100.0 Å². The molecule has 2 amide bonds. The van der Waals surface area contributed by atoms with Gasteiger partial charge in [-0.15, -0.1) is 0 Å². The quantitative estimate of drug-likeness (QED) is 0.0232. The Bertz CT molecular complexity index is 2600. The molecule has 0 aromatic carbocycles. The number of ether oxygens (including phenoxy) is 9. The minimum atomic E-state index is -5.79. The van der Waals surface area contributed by atoms with Gasteiger partial charge >= 0.3 is 15.6 Å². The first-order valence-electron chi connectivity index (χ1n) is 31.6. The maximum atomic E-state index is 13.4. The van der Waals surface area contributed by atoms with E-state index in [1.807, 2.05) is 6.92 Å². The molecule has 0 aromatic heterocycles. The van der Waals surface area contributed by atoms with Crippen LogP contribution in [0.3, 0.4) is 0 Å². The van der Waals surface area contributed by atoms with Crippen molar-refractivity contribution >= 4 is 27.5 Å². The summed E-state index contributed by atoms with van der Waals surface area (Å²) in [5, 5.41) is 156. The molecule has 5 rings (SSSR count). The Labute approximate surface area is 551 Å². The predicted molar refractivity (Wildman–Crippen MR) is 327 cm³/mol. The van der Waals surface area contributed by atoms with E-state index in [4.69, 9.17) is 51.7 Å². The minimum absolute atomic E-state index is 0.0367. The fraction of sp³-hybridized carbons (Fsp3) is 0.831. The molecule has 0 aliphatic carbocycles. The third-order valence-electron chi connectivity index (χ3n) is 16.7. The molecule has 36 heteroatoms. The topological polar surface area (TPSA) is 527 Å². The molecule has 5 saturated heterocycles. The Hall–Kier alpha value is -2.76. The van der Waals surface area contributed by atoms with Gasteiger partial charge < -0.3 is 135 Å². The number of carbonyl (C=O) groups is 2. The fourth-order valence-electron chi connectivity index (χ4n) is 11.2. The predicted octanol–water partition coefficient (Wildman–Crippen LogP) is -2.43. The van der Waals surface area contributed by atoms with Gasteiger partial charge in [0.1, 0.15) is 122 Å². The summed E-state index contributed by atoms with van der Waals surface area (Å²) in [6, 6.07) is -3.84. The summed E-state index contributed by atoms with van der Waals surface area (Å²) in [6.45, 7) is 8.99. The number of phosphoric ester groups is 2. The Kier molecular flexibility index (Phi) is 33.9. The molecular weight excluding hydrogens is 1310 g/mol. The van der Waals surface area contributed by atoms with Crippen LogP contribution in [0, 0.1) is 5.92 Å². The van der Waals surface area contributed by atoms with E-state index in [1.165, 1.54) is 22.3 Å². The van der Waals surface area contributed by atoms with Crippen molar-refractivity contribution in [3.8, 4) is 0 Å². The molecule has 5 fully saturated rings. The maximum absolute atomic E-state index is 13.4. The van der Waals surface area contributed by atoms with E-state index in [-0.39, 0.29) is 12.3 Å². The number of amides is 2. The first-order valence-corrected chi connectivity index (χ1v) is 34.6. The second-order valence-corrected chi connectivity index (χ2v) is 27.9. The van der Waals surface area contributed by atoms with E-state index in [1.54, 1.807) is 0 Å². The van der Waals surface area contributed by atoms with Crippen LogP contribution in [-0.4, -0.2) is 286 Å². The van der Waals surface area contributed by atoms with Gasteiger partial charge in [-0.05, 0) is 98.3 Å². The van der Waals surface area contributed by atoms with Gasteiger partial charge in [0, 0.05) is 13.8 Å². The molecule has 95 heavy (non-hydrogen) atoms. The van der Waals surface area contributed by atoms with Gasteiger partial charge in [-0.2, -0.15) is 4.31 Å². The van der Waals surface area contributed by atoms with Crippen LogP contribution < -0.4 is 10.6 Å². The van der Waals surface area contributed by atoms with Gasteiger partial charge in [0.05, 0.1) is 39.6 Å². The van der Waals surface area contributed by atoms with Crippen LogP contribution in [0.1, 0.15) is 113 Å².